The topological polar surface area (TPSA) is 94.8 Å². The molecule has 0 aliphatic carbocycles. The Morgan fingerprint density at radius 1 is 0.812 bits per heavy atom. The first-order valence-electron chi connectivity index (χ1n) is 16.6. The third kappa shape index (κ3) is 6.20. The summed E-state index contributed by atoms with van der Waals surface area (Å²) < 4.78 is 1.99. The largest absolute Gasteiger partial charge is 0.341 e. The second-order valence-electron chi connectivity index (χ2n) is 12.4. The standard InChI is InChI=1S/C36H36ClN9OS/c37-26-15-16-32-30(21-26)46(29-13-5-6-14-31(29)48-32)33(47)24-45-23-25(27-11-3-4-12-28(27)45)22-38-42-34-39-35(43-17-7-1-8-18-43)41-36(40-34)44-19-9-2-10-20-44/h3-6,11-16,21-23H,1-2,7-10,17-20,24H2,(H,39,40,41,42)/b38-22+. The summed E-state index contributed by atoms with van der Waals surface area (Å²) in [5, 5.41) is 6.18. The fraction of sp³-hybridized carbons (Fsp3) is 0.306. The number of fused-ring (bicyclic) bond motifs is 3. The molecule has 2 saturated heterocycles. The van der Waals surface area contributed by atoms with Crippen molar-refractivity contribution in [2.45, 2.75) is 54.9 Å². The first-order valence-corrected chi connectivity index (χ1v) is 17.8. The second-order valence-corrected chi connectivity index (χ2v) is 13.9. The first-order chi connectivity index (χ1) is 23.6. The number of para-hydroxylation sites is 2. The van der Waals surface area contributed by atoms with Crippen molar-refractivity contribution in [1.82, 2.24) is 19.5 Å². The third-order valence-corrected chi connectivity index (χ3v) is 10.5. The maximum atomic E-state index is 14.2. The number of carbonyl (C=O) groups excluding carboxylic acids is 1. The molecule has 244 valence electrons. The first kappa shape index (κ1) is 30.7. The van der Waals surface area contributed by atoms with Crippen LogP contribution in [-0.2, 0) is 11.3 Å². The third-order valence-electron chi connectivity index (χ3n) is 9.12. The number of hydrazone groups is 1. The lowest BCUT2D eigenvalue weighted by Gasteiger charge is -2.31. The van der Waals surface area contributed by atoms with Gasteiger partial charge in [0.15, 0.2) is 0 Å². The zero-order valence-corrected chi connectivity index (χ0v) is 28.1. The molecule has 0 radical (unpaired) electrons. The molecule has 0 atom stereocenters. The Morgan fingerprint density at radius 2 is 1.48 bits per heavy atom. The van der Waals surface area contributed by atoms with E-state index in [1.807, 2.05) is 77.5 Å². The average molecular weight is 678 g/mol. The van der Waals surface area contributed by atoms with E-state index in [0.29, 0.717) is 22.9 Å². The van der Waals surface area contributed by atoms with E-state index >= 15 is 0 Å². The van der Waals surface area contributed by atoms with Gasteiger partial charge < -0.3 is 14.4 Å². The van der Waals surface area contributed by atoms with Crippen LogP contribution < -0.4 is 20.1 Å². The zero-order valence-electron chi connectivity index (χ0n) is 26.6. The van der Waals surface area contributed by atoms with Crippen molar-refractivity contribution >= 4 is 75.6 Å². The molecular weight excluding hydrogens is 642 g/mol. The van der Waals surface area contributed by atoms with Crippen LogP contribution in [0.25, 0.3) is 10.9 Å². The van der Waals surface area contributed by atoms with E-state index in [-0.39, 0.29) is 12.5 Å². The number of aromatic nitrogens is 4. The molecule has 0 spiro atoms. The van der Waals surface area contributed by atoms with Crippen LogP contribution in [0.4, 0.5) is 29.2 Å². The Labute approximate surface area is 288 Å². The molecule has 5 heterocycles. The maximum Gasteiger partial charge on any atom is 0.251 e. The van der Waals surface area contributed by atoms with Crippen LogP contribution in [0.1, 0.15) is 44.1 Å². The van der Waals surface area contributed by atoms with Crippen molar-refractivity contribution in [3.63, 3.8) is 0 Å². The number of rotatable bonds is 7. The molecule has 48 heavy (non-hydrogen) atoms. The molecule has 1 N–H and O–H groups in total. The number of amides is 1. The zero-order chi connectivity index (χ0) is 32.5. The van der Waals surface area contributed by atoms with Gasteiger partial charge in [-0.25, -0.2) is 5.43 Å². The summed E-state index contributed by atoms with van der Waals surface area (Å²) in [7, 11) is 0. The lowest BCUT2D eigenvalue weighted by atomic mass is 10.1. The van der Waals surface area contributed by atoms with Gasteiger partial charge in [-0.1, -0.05) is 53.7 Å². The van der Waals surface area contributed by atoms with E-state index in [4.69, 9.17) is 26.6 Å². The van der Waals surface area contributed by atoms with E-state index in [2.05, 4.69) is 20.3 Å². The summed E-state index contributed by atoms with van der Waals surface area (Å²) in [5.74, 6) is 1.78. The SMILES string of the molecule is O=C(Cn1cc(/C=N/Nc2nc(N3CCCCC3)nc(N3CCCCC3)n2)c2ccccc21)N1c2ccccc2Sc2ccc(Cl)cc21. The smallest absolute Gasteiger partial charge is 0.251 e. The van der Waals surface area contributed by atoms with Crippen molar-refractivity contribution in [3.05, 3.63) is 83.5 Å². The highest BCUT2D eigenvalue weighted by Crippen LogP contribution is 2.49. The van der Waals surface area contributed by atoms with Gasteiger partial charge in [-0.2, -0.15) is 20.1 Å². The Morgan fingerprint density at radius 3 is 2.23 bits per heavy atom. The Hall–Kier alpha value is -4.61. The highest BCUT2D eigenvalue weighted by Gasteiger charge is 2.29. The number of nitrogens with one attached hydrogen (secondary N) is 1. The second kappa shape index (κ2) is 13.5. The van der Waals surface area contributed by atoms with Crippen molar-refractivity contribution in [2.24, 2.45) is 5.10 Å². The van der Waals surface area contributed by atoms with Gasteiger partial charge in [0.2, 0.25) is 17.8 Å². The molecule has 0 bridgehead atoms. The quantitative estimate of drug-likeness (QED) is 0.138. The number of halogens is 1. The number of nitrogens with zero attached hydrogens (tertiary/aromatic N) is 8. The van der Waals surface area contributed by atoms with E-state index in [0.717, 1.165) is 89.5 Å². The molecule has 3 aromatic carbocycles. The molecule has 0 saturated carbocycles. The minimum absolute atomic E-state index is 0.0608. The summed E-state index contributed by atoms with van der Waals surface area (Å²) in [6, 6.07) is 21.7. The van der Waals surface area contributed by atoms with E-state index in [9.17, 15) is 4.79 Å². The van der Waals surface area contributed by atoms with Gasteiger partial charge in [0.25, 0.3) is 5.91 Å². The number of hydrogen-bond donors (Lipinski definition) is 1. The van der Waals surface area contributed by atoms with Crippen LogP contribution in [0, 0.1) is 0 Å². The van der Waals surface area contributed by atoms with Gasteiger partial charge in [-0.3, -0.25) is 9.69 Å². The molecule has 5 aromatic rings. The van der Waals surface area contributed by atoms with E-state index in [1.54, 1.807) is 22.9 Å². The van der Waals surface area contributed by atoms with Crippen LogP contribution in [0.2, 0.25) is 5.02 Å². The van der Waals surface area contributed by atoms with Crippen molar-refractivity contribution in [3.8, 4) is 0 Å². The van der Waals surface area contributed by atoms with E-state index < -0.39 is 0 Å². The van der Waals surface area contributed by atoms with Gasteiger partial charge in [0.1, 0.15) is 6.54 Å². The summed E-state index contributed by atoms with van der Waals surface area (Å²) >= 11 is 8.06. The lowest BCUT2D eigenvalue weighted by Crippen LogP contribution is -2.34. The van der Waals surface area contributed by atoms with Crippen molar-refractivity contribution < 1.29 is 4.79 Å². The van der Waals surface area contributed by atoms with Crippen LogP contribution in [-0.4, -0.2) is 57.8 Å². The molecule has 10 nitrogen and oxygen atoms in total. The van der Waals surface area contributed by atoms with Gasteiger partial charge >= 0.3 is 0 Å². The summed E-state index contributed by atoms with van der Waals surface area (Å²) in [6.45, 7) is 3.93. The Balaban J connectivity index is 1.07. The molecule has 8 rings (SSSR count). The minimum atomic E-state index is -0.0608. The number of benzene rings is 3. The normalized spacial score (nSPS) is 16.3. The molecule has 3 aliphatic heterocycles. The molecule has 1 amide bonds. The van der Waals surface area contributed by atoms with Gasteiger partial charge in [-0.15, -0.1) is 0 Å². The van der Waals surface area contributed by atoms with Gasteiger partial charge in [0, 0.05) is 63.7 Å². The van der Waals surface area contributed by atoms with E-state index in [1.165, 1.54) is 12.8 Å². The summed E-state index contributed by atoms with van der Waals surface area (Å²) in [4.78, 5) is 36.9. The summed E-state index contributed by atoms with van der Waals surface area (Å²) in [6.07, 6.45) is 10.8. The summed E-state index contributed by atoms with van der Waals surface area (Å²) in [5.41, 5.74) is 6.57. The predicted octanol–water partition coefficient (Wildman–Crippen LogP) is 7.74. The van der Waals surface area contributed by atoms with Crippen LogP contribution in [0.3, 0.4) is 0 Å². The van der Waals surface area contributed by atoms with Crippen LogP contribution in [0.15, 0.2) is 87.8 Å². The fourth-order valence-corrected chi connectivity index (χ4v) is 7.96. The lowest BCUT2D eigenvalue weighted by molar-refractivity contribution is -0.118. The highest BCUT2D eigenvalue weighted by molar-refractivity contribution is 7.99. The fourth-order valence-electron chi connectivity index (χ4n) is 6.76. The van der Waals surface area contributed by atoms with Crippen LogP contribution in [0.5, 0.6) is 0 Å². The van der Waals surface area contributed by atoms with Gasteiger partial charge in [0.05, 0.1) is 17.6 Å². The molecule has 12 heteroatoms. The number of hydrogen-bond acceptors (Lipinski definition) is 9. The van der Waals surface area contributed by atoms with Crippen molar-refractivity contribution in [1.29, 1.82) is 0 Å². The number of piperidine rings is 2. The molecule has 2 aromatic heterocycles. The Bertz CT molecular complexity index is 1960. The van der Waals surface area contributed by atoms with Crippen LogP contribution >= 0.6 is 23.4 Å². The monoisotopic (exact) mass is 677 g/mol. The molecule has 0 unspecified atom stereocenters. The Kier molecular flexibility index (Phi) is 8.63. The minimum Gasteiger partial charge on any atom is -0.341 e. The maximum absolute atomic E-state index is 14.2. The highest BCUT2D eigenvalue weighted by atomic mass is 35.5. The predicted molar refractivity (Wildman–Crippen MR) is 194 cm³/mol. The molecule has 2 fully saturated rings. The number of anilines is 5. The van der Waals surface area contributed by atoms with Gasteiger partial charge in [-0.05, 0) is 74.9 Å². The molecular formula is C36H36ClN9OS. The number of carbonyl (C=O) groups is 1. The molecule has 3 aliphatic rings. The average Bonchev–Trinajstić information content (AvgIpc) is 3.48. The van der Waals surface area contributed by atoms with Crippen molar-refractivity contribution in [2.75, 3.05) is 46.3 Å².